The molecule has 0 amide bonds. The van der Waals surface area contributed by atoms with Gasteiger partial charge in [0, 0.05) is 38.8 Å². The van der Waals surface area contributed by atoms with Crippen molar-refractivity contribution in [2.24, 2.45) is 0 Å². The van der Waals surface area contributed by atoms with Gasteiger partial charge in [-0.3, -0.25) is 4.57 Å². The number of para-hydroxylation sites is 2. The fourth-order valence-corrected chi connectivity index (χ4v) is 6.92. The van der Waals surface area contributed by atoms with Gasteiger partial charge in [0.1, 0.15) is 5.82 Å². The molecule has 0 fully saturated rings. The van der Waals surface area contributed by atoms with E-state index in [2.05, 4.69) is 185 Å². The first-order chi connectivity index (χ1) is 22.8. The zero-order chi connectivity index (χ0) is 30.5. The molecule has 9 rings (SSSR count). The number of imidazole rings is 1. The van der Waals surface area contributed by atoms with Crippen LogP contribution in [0.15, 0.2) is 176 Å². The van der Waals surface area contributed by atoms with Gasteiger partial charge in [0.2, 0.25) is 0 Å². The maximum Gasteiger partial charge on any atom is 0.145 e. The molecule has 0 aliphatic rings. The van der Waals surface area contributed by atoms with E-state index in [1.54, 1.807) is 0 Å². The quantitative estimate of drug-likeness (QED) is 0.187. The number of rotatable bonds is 5. The number of nitrogens with zero attached hydrogens (tertiary/aromatic N) is 3. The lowest BCUT2D eigenvalue weighted by Crippen LogP contribution is -2.10. The highest BCUT2D eigenvalue weighted by Gasteiger charge is 2.21. The molecule has 0 aliphatic carbocycles. The van der Waals surface area contributed by atoms with Crippen molar-refractivity contribution in [2.75, 3.05) is 4.90 Å². The van der Waals surface area contributed by atoms with Crippen molar-refractivity contribution in [3.8, 4) is 17.1 Å². The van der Waals surface area contributed by atoms with E-state index in [0.717, 1.165) is 50.6 Å². The Morgan fingerprint density at radius 1 is 0.435 bits per heavy atom. The Labute approximate surface area is 267 Å². The van der Waals surface area contributed by atoms with Crippen molar-refractivity contribution in [1.82, 2.24) is 9.55 Å². The first kappa shape index (κ1) is 26.2. The van der Waals surface area contributed by atoms with E-state index < -0.39 is 0 Å². The fourth-order valence-electron chi connectivity index (χ4n) is 6.92. The predicted molar refractivity (Wildman–Crippen MR) is 194 cm³/mol. The van der Waals surface area contributed by atoms with E-state index in [1.165, 1.54) is 26.9 Å². The number of benzene rings is 8. The van der Waals surface area contributed by atoms with Gasteiger partial charge in [0.05, 0.1) is 16.7 Å². The van der Waals surface area contributed by atoms with Crippen molar-refractivity contribution >= 4 is 60.4 Å². The maximum atomic E-state index is 5.48. The average molecular weight is 588 g/mol. The summed E-state index contributed by atoms with van der Waals surface area (Å²) < 4.78 is 2.34. The molecule has 216 valence electrons. The van der Waals surface area contributed by atoms with Crippen LogP contribution in [0.5, 0.6) is 0 Å². The zero-order valence-corrected chi connectivity index (χ0v) is 25.1. The van der Waals surface area contributed by atoms with Crippen LogP contribution in [0, 0.1) is 0 Å². The second kappa shape index (κ2) is 10.8. The van der Waals surface area contributed by atoms with Gasteiger partial charge in [-0.1, -0.05) is 133 Å². The molecule has 0 bridgehead atoms. The smallest absolute Gasteiger partial charge is 0.145 e. The molecule has 0 aliphatic heterocycles. The van der Waals surface area contributed by atoms with Crippen molar-refractivity contribution in [2.45, 2.75) is 0 Å². The third kappa shape index (κ3) is 4.17. The minimum atomic E-state index is 0.912. The monoisotopic (exact) mass is 587 g/mol. The Balaban J connectivity index is 1.34. The molecule has 0 radical (unpaired) electrons. The molecule has 0 unspecified atom stereocenters. The number of fused-ring (bicyclic) bond motifs is 7. The minimum Gasteiger partial charge on any atom is -0.310 e. The van der Waals surface area contributed by atoms with E-state index >= 15 is 0 Å². The first-order valence-electron chi connectivity index (χ1n) is 15.7. The van der Waals surface area contributed by atoms with Gasteiger partial charge in [-0.15, -0.1) is 0 Å². The van der Waals surface area contributed by atoms with Gasteiger partial charge >= 0.3 is 0 Å². The number of aromatic nitrogens is 2. The Morgan fingerprint density at radius 3 is 1.78 bits per heavy atom. The van der Waals surface area contributed by atoms with Crippen LogP contribution in [0.2, 0.25) is 0 Å². The average Bonchev–Trinajstić information content (AvgIpc) is 3.54. The minimum absolute atomic E-state index is 0.912. The summed E-state index contributed by atoms with van der Waals surface area (Å²) in [7, 11) is 0. The topological polar surface area (TPSA) is 21.1 Å². The highest BCUT2D eigenvalue weighted by atomic mass is 15.1. The van der Waals surface area contributed by atoms with Crippen LogP contribution in [-0.2, 0) is 0 Å². The molecule has 9 aromatic rings. The van der Waals surface area contributed by atoms with Crippen molar-refractivity contribution in [3.63, 3.8) is 0 Å². The summed E-state index contributed by atoms with van der Waals surface area (Å²) in [6.07, 6.45) is 0. The van der Waals surface area contributed by atoms with Crippen molar-refractivity contribution < 1.29 is 0 Å². The summed E-state index contributed by atoms with van der Waals surface area (Å²) in [6, 6.07) is 62.5. The van der Waals surface area contributed by atoms with Gasteiger partial charge in [0.25, 0.3) is 0 Å². The molecule has 0 N–H and O–H groups in total. The van der Waals surface area contributed by atoms with E-state index in [4.69, 9.17) is 4.98 Å². The molecule has 0 spiro atoms. The zero-order valence-electron chi connectivity index (χ0n) is 25.1. The Kier molecular flexibility index (Phi) is 6.14. The van der Waals surface area contributed by atoms with Crippen LogP contribution in [-0.4, -0.2) is 9.55 Å². The molecular formula is C43H29N3. The van der Waals surface area contributed by atoms with Gasteiger partial charge in [-0.2, -0.15) is 0 Å². The van der Waals surface area contributed by atoms with Gasteiger partial charge < -0.3 is 4.90 Å². The highest BCUT2D eigenvalue weighted by Crippen LogP contribution is 2.42. The third-order valence-electron chi connectivity index (χ3n) is 8.93. The molecule has 1 aromatic heterocycles. The molecule has 0 saturated carbocycles. The summed E-state index contributed by atoms with van der Waals surface area (Å²) in [4.78, 5) is 7.83. The van der Waals surface area contributed by atoms with Gasteiger partial charge in [-0.05, 0) is 58.6 Å². The number of anilines is 3. The summed E-state index contributed by atoms with van der Waals surface area (Å²) in [5.41, 5.74) is 7.56. The normalized spacial score (nSPS) is 11.5. The molecular weight excluding hydrogens is 558 g/mol. The lowest BCUT2D eigenvalue weighted by Gasteiger charge is -2.27. The lowest BCUT2D eigenvalue weighted by atomic mass is 10.00. The number of hydrogen-bond acceptors (Lipinski definition) is 2. The summed E-state index contributed by atoms with van der Waals surface area (Å²) in [6.45, 7) is 0. The third-order valence-corrected chi connectivity index (χ3v) is 8.93. The summed E-state index contributed by atoms with van der Waals surface area (Å²) >= 11 is 0. The van der Waals surface area contributed by atoms with E-state index in [1.807, 2.05) is 0 Å². The Bertz CT molecular complexity index is 2530. The Morgan fingerprint density at radius 2 is 1.00 bits per heavy atom. The maximum absolute atomic E-state index is 5.48. The van der Waals surface area contributed by atoms with Crippen LogP contribution in [0.4, 0.5) is 17.1 Å². The number of hydrogen-bond donors (Lipinski definition) is 0. The second-order valence-corrected chi connectivity index (χ2v) is 11.6. The van der Waals surface area contributed by atoms with Crippen LogP contribution < -0.4 is 4.90 Å². The second-order valence-electron chi connectivity index (χ2n) is 11.6. The standard InChI is InChI=1S/C43H29N3/c1-3-18-32(19-4-1)45(40-28-14-16-30-15-7-8-23-35(30)40)34-22-13-17-31(29-34)43-44-41-38-26-11-9-24-36(38)37-25-10-12-27-39(37)42(41)46(43)33-20-5-2-6-21-33/h1-29H. The molecule has 0 atom stereocenters. The SMILES string of the molecule is c1ccc(N(c2cccc(-c3nc4c5ccccc5c5ccccc5c4n3-c3ccccc3)c2)c2cccc3ccccc23)cc1. The highest BCUT2D eigenvalue weighted by molar-refractivity contribution is 6.24. The van der Waals surface area contributed by atoms with E-state index in [-0.39, 0.29) is 0 Å². The first-order valence-corrected chi connectivity index (χ1v) is 15.7. The largest absolute Gasteiger partial charge is 0.310 e. The summed E-state index contributed by atoms with van der Waals surface area (Å²) in [5.74, 6) is 0.912. The fraction of sp³-hybridized carbons (Fsp3) is 0. The van der Waals surface area contributed by atoms with Crippen molar-refractivity contribution in [1.29, 1.82) is 0 Å². The molecule has 46 heavy (non-hydrogen) atoms. The van der Waals surface area contributed by atoms with Gasteiger partial charge in [-0.25, -0.2) is 4.98 Å². The lowest BCUT2D eigenvalue weighted by molar-refractivity contribution is 1.10. The molecule has 0 saturated heterocycles. The Hall–Kier alpha value is -6.19. The van der Waals surface area contributed by atoms with Crippen LogP contribution in [0.3, 0.4) is 0 Å². The van der Waals surface area contributed by atoms with Crippen LogP contribution >= 0.6 is 0 Å². The molecule has 8 aromatic carbocycles. The molecule has 3 nitrogen and oxygen atoms in total. The summed E-state index contributed by atoms with van der Waals surface area (Å²) in [5, 5.41) is 7.21. The van der Waals surface area contributed by atoms with E-state index in [9.17, 15) is 0 Å². The predicted octanol–water partition coefficient (Wildman–Crippen LogP) is 11.6. The van der Waals surface area contributed by atoms with Crippen LogP contribution in [0.25, 0.3) is 60.4 Å². The van der Waals surface area contributed by atoms with Crippen molar-refractivity contribution in [3.05, 3.63) is 176 Å². The van der Waals surface area contributed by atoms with Gasteiger partial charge in [0.15, 0.2) is 0 Å². The van der Waals surface area contributed by atoms with E-state index in [0.29, 0.717) is 0 Å². The molecule has 1 heterocycles. The van der Waals surface area contributed by atoms with Crippen LogP contribution in [0.1, 0.15) is 0 Å². The molecule has 3 heteroatoms.